The zero-order chi connectivity index (χ0) is 17.8. The predicted octanol–water partition coefficient (Wildman–Crippen LogP) is 2.38. The lowest BCUT2D eigenvalue weighted by molar-refractivity contribution is -0.132. The second-order valence-corrected chi connectivity index (χ2v) is 6.14. The minimum absolute atomic E-state index is 0.00310. The zero-order valence-corrected chi connectivity index (χ0v) is 14.7. The van der Waals surface area contributed by atoms with Crippen LogP contribution in [0.4, 0.5) is 0 Å². The molecule has 7 nitrogen and oxygen atoms in total. The van der Waals surface area contributed by atoms with Gasteiger partial charge in [-0.3, -0.25) is 9.48 Å². The third-order valence-corrected chi connectivity index (χ3v) is 4.35. The van der Waals surface area contributed by atoms with Crippen molar-refractivity contribution < 1.29 is 4.79 Å². The predicted molar refractivity (Wildman–Crippen MR) is 94.1 cm³/mol. The fourth-order valence-corrected chi connectivity index (χ4v) is 2.66. The number of nitrogens with zero attached hydrogens (tertiary/aromatic N) is 6. The number of carbonyl (C=O) groups is 1. The number of amides is 1. The number of hydrogen-bond donors (Lipinski definition) is 0. The van der Waals surface area contributed by atoms with E-state index in [4.69, 9.17) is 0 Å². The average Bonchev–Trinajstić information content (AvgIpc) is 3.30. The van der Waals surface area contributed by atoms with E-state index in [1.165, 1.54) is 6.33 Å². The van der Waals surface area contributed by atoms with Crippen LogP contribution in [0.15, 0.2) is 49.3 Å². The maximum absolute atomic E-state index is 12.5. The second kappa shape index (κ2) is 7.29. The average molecular weight is 338 g/mol. The van der Waals surface area contributed by atoms with Crippen LogP contribution in [0, 0.1) is 6.92 Å². The van der Waals surface area contributed by atoms with Crippen molar-refractivity contribution in [1.82, 2.24) is 29.4 Å². The topological polar surface area (TPSA) is 68.8 Å². The Balaban J connectivity index is 1.61. The van der Waals surface area contributed by atoms with Gasteiger partial charge in [-0.2, -0.15) is 10.2 Å². The Labute approximate surface area is 146 Å². The van der Waals surface area contributed by atoms with E-state index in [9.17, 15) is 4.79 Å². The first-order valence-corrected chi connectivity index (χ1v) is 8.24. The van der Waals surface area contributed by atoms with Crippen molar-refractivity contribution in [2.75, 3.05) is 7.05 Å². The van der Waals surface area contributed by atoms with Gasteiger partial charge in [0.1, 0.15) is 12.7 Å². The summed E-state index contributed by atoms with van der Waals surface area (Å²) in [5, 5.41) is 8.33. The maximum atomic E-state index is 12.5. The van der Waals surface area contributed by atoms with Gasteiger partial charge in [-0.15, -0.1) is 0 Å². The summed E-state index contributed by atoms with van der Waals surface area (Å²) in [6, 6.07) is 7.98. The van der Waals surface area contributed by atoms with Crippen LogP contribution < -0.4 is 0 Å². The molecule has 0 saturated heterocycles. The van der Waals surface area contributed by atoms with Crippen molar-refractivity contribution >= 4 is 5.91 Å². The summed E-state index contributed by atoms with van der Waals surface area (Å²) >= 11 is 0. The van der Waals surface area contributed by atoms with Crippen LogP contribution in [-0.2, 0) is 11.3 Å². The Hall–Kier alpha value is -2.96. The van der Waals surface area contributed by atoms with Crippen molar-refractivity contribution in [3.63, 3.8) is 0 Å². The molecule has 1 atom stereocenters. The Morgan fingerprint density at radius 1 is 1.24 bits per heavy atom. The third kappa shape index (κ3) is 3.93. The molecule has 0 fully saturated rings. The lowest BCUT2D eigenvalue weighted by atomic mass is 10.1. The number of aryl methyl sites for hydroxylation is 2. The van der Waals surface area contributed by atoms with Crippen molar-refractivity contribution in [3.8, 4) is 5.69 Å². The molecule has 3 aromatic rings. The Bertz CT molecular complexity index is 822. The minimum Gasteiger partial charge on any atom is -0.339 e. The van der Waals surface area contributed by atoms with Crippen molar-refractivity contribution in [3.05, 3.63) is 60.4 Å². The van der Waals surface area contributed by atoms with Crippen LogP contribution in [0.1, 0.15) is 30.5 Å². The highest BCUT2D eigenvalue weighted by Crippen LogP contribution is 2.21. The summed E-state index contributed by atoms with van der Waals surface area (Å²) in [6.07, 6.45) is 7.33. The number of benzene rings is 1. The molecule has 0 aliphatic carbocycles. The quantitative estimate of drug-likeness (QED) is 0.692. The number of aromatic nitrogens is 5. The molecule has 1 amide bonds. The van der Waals surface area contributed by atoms with E-state index in [1.807, 2.05) is 51.4 Å². The van der Waals surface area contributed by atoms with E-state index >= 15 is 0 Å². The summed E-state index contributed by atoms with van der Waals surface area (Å²) in [5.74, 6) is 0.0982. The van der Waals surface area contributed by atoms with Crippen LogP contribution in [0.5, 0.6) is 0 Å². The largest absolute Gasteiger partial charge is 0.339 e. The minimum atomic E-state index is -0.00310. The number of carbonyl (C=O) groups excluding carboxylic acids is 1. The van der Waals surface area contributed by atoms with E-state index in [2.05, 4.69) is 15.2 Å². The van der Waals surface area contributed by atoms with Crippen molar-refractivity contribution in [2.24, 2.45) is 0 Å². The SMILES string of the molecule is Cc1cnn(CCC(=O)N(C)C(C)c2ccc(-n3cncn3)cc2)c1. The van der Waals surface area contributed by atoms with Gasteiger partial charge in [0.25, 0.3) is 0 Å². The van der Waals surface area contributed by atoms with Crippen LogP contribution in [0.2, 0.25) is 0 Å². The van der Waals surface area contributed by atoms with Crippen molar-refractivity contribution in [2.45, 2.75) is 32.9 Å². The van der Waals surface area contributed by atoms with E-state index < -0.39 is 0 Å². The summed E-state index contributed by atoms with van der Waals surface area (Å²) in [7, 11) is 1.84. The zero-order valence-electron chi connectivity index (χ0n) is 14.7. The molecule has 3 rings (SSSR count). The fourth-order valence-electron chi connectivity index (χ4n) is 2.66. The molecule has 0 aliphatic heterocycles. The summed E-state index contributed by atoms with van der Waals surface area (Å²) in [5.41, 5.74) is 3.12. The molecule has 130 valence electrons. The highest BCUT2D eigenvalue weighted by atomic mass is 16.2. The highest BCUT2D eigenvalue weighted by molar-refractivity contribution is 5.76. The molecule has 1 unspecified atom stereocenters. The number of rotatable bonds is 6. The molecule has 0 bridgehead atoms. The number of hydrogen-bond acceptors (Lipinski definition) is 4. The second-order valence-electron chi connectivity index (χ2n) is 6.14. The first-order chi connectivity index (χ1) is 12.0. The molecule has 1 aromatic carbocycles. The lowest BCUT2D eigenvalue weighted by Crippen LogP contribution is -2.30. The van der Waals surface area contributed by atoms with E-state index in [0.717, 1.165) is 16.8 Å². The summed E-state index contributed by atoms with van der Waals surface area (Å²) in [4.78, 5) is 18.2. The molecule has 0 radical (unpaired) electrons. The molecular weight excluding hydrogens is 316 g/mol. The normalized spacial score (nSPS) is 12.1. The van der Waals surface area contributed by atoms with Gasteiger partial charge in [0, 0.05) is 26.2 Å². The van der Waals surface area contributed by atoms with Crippen LogP contribution in [-0.4, -0.2) is 42.4 Å². The van der Waals surface area contributed by atoms with Gasteiger partial charge in [0.05, 0.1) is 17.9 Å². The summed E-state index contributed by atoms with van der Waals surface area (Å²) < 4.78 is 3.51. The van der Waals surface area contributed by atoms with E-state index in [-0.39, 0.29) is 11.9 Å². The van der Waals surface area contributed by atoms with Crippen LogP contribution in [0.3, 0.4) is 0 Å². The van der Waals surface area contributed by atoms with Crippen molar-refractivity contribution in [1.29, 1.82) is 0 Å². The molecule has 0 saturated carbocycles. The van der Waals surface area contributed by atoms with E-state index in [0.29, 0.717) is 13.0 Å². The Morgan fingerprint density at radius 2 is 2.00 bits per heavy atom. The molecule has 0 spiro atoms. The highest BCUT2D eigenvalue weighted by Gasteiger charge is 2.17. The molecule has 7 heteroatoms. The molecule has 0 aliphatic rings. The third-order valence-electron chi connectivity index (χ3n) is 4.35. The van der Waals surface area contributed by atoms with Gasteiger partial charge in [0.2, 0.25) is 5.91 Å². The van der Waals surface area contributed by atoms with E-state index in [1.54, 1.807) is 26.8 Å². The van der Waals surface area contributed by atoms with Gasteiger partial charge >= 0.3 is 0 Å². The molecule has 2 heterocycles. The van der Waals surface area contributed by atoms with Gasteiger partial charge in [-0.05, 0) is 37.1 Å². The standard InChI is InChI=1S/C18H22N6O/c1-14-10-20-23(11-14)9-8-18(25)22(3)15(2)16-4-6-17(7-5-16)24-13-19-12-21-24/h4-7,10-13,15H,8-9H2,1-3H3. The van der Waals surface area contributed by atoms with Gasteiger partial charge < -0.3 is 4.90 Å². The molecular formula is C18H22N6O. The van der Waals surface area contributed by atoms with Gasteiger partial charge in [-0.1, -0.05) is 12.1 Å². The van der Waals surface area contributed by atoms with Crippen LogP contribution in [0.25, 0.3) is 5.69 Å². The molecule has 2 aromatic heterocycles. The van der Waals surface area contributed by atoms with Crippen LogP contribution >= 0.6 is 0 Å². The maximum Gasteiger partial charge on any atom is 0.224 e. The molecule has 0 N–H and O–H groups in total. The monoisotopic (exact) mass is 338 g/mol. The van der Waals surface area contributed by atoms with Gasteiger partial charge in [0.15, 0.2) is 0 Å². The Morgan fingerprint density at radius 3 is 2.60 bits per heavy atom. The van der Waals surface area contributed by atoms with Gasteiger partial charge in [-0.25, -0.2) is 9.67 Å². The first-order valence-electron chi connectivity index (χ1n) is 8.24. The Kier molecular flexibility index (Phi) is 4.92. The molecule has 25 heavy (non-hydrogen) atoms. The lowest BCUT2D eigenvalue weighted by Gasteiger charge is -2.25. The first kappa shape index (κ1) is 16.9. The smallest absolute Gasteiger partial charge is 0.224 e. The fraction of sp³-hybridized carbons (Fsp3) is 0.333. The summed E-state index contributed by atoms with van der Waals surface area (Å²) in [6.45, 7) is 4.61.